The van der Waals surface area contributed by atoms with Crippen molar-refractivity contribution in [2.45, 2.75) is 6.04 Å². The maximum atomic E-state index is 6.11. The van der Waals surface area contributed by atoms with E-state index in [-0.39, 0.29) is 6.04 Å². The molecule has 22 heavy (non-hydrogen) atoms. The fraction of sp³-hybridized carbons (Fsp3) is 0.438. The third-order valence-corrected chi connectivity index (χ3v) is 4.30. The molecular weight excluding hydrogens is 300 g/mol. The van der Waals surface area contributed by atoms with Crippen molar-refractivity contribution < 1.29 is 4.74 Å². The monoisotopic (exact) mass is 320 g/mol. The second-order valence-electron chi connectivity index (χ2n) is 5.43. The molecule has 118 valence electrons. The third-order valence-electron chi connectivity index (χ3n) is 3.98. The minimum Gasteiger partial charge on any atom is -0.491 e. The number of nitrogens with zero attached hydrogens (tertiary/aromatic N) is 3. The van der Waals surface area contributed by atoms with Gasteiger partial charge in [-0.25, -0.2) is 4.98 Å². The fourth-order valence-electron chi connectivity index (χ4n) is 2.80. The van der Waals surface area contributed by atoms with Crippen LogP contribution >= 0.6 is 11.6 Å². The molecule has 0 saturated carbocycles. The predicted molar refractivity (Wildman–Crippen MR) is 87.3 cm³/mol. The van der Waals surface area contributed by atoms with Gasteiger partial charge in [0, 0.05) is 45.6 Å². The van der Waals surface area contributed by atoms with Crippen molar-refractivity contribution in [3.05, 3.63) is 47.5 Å². The molecule has 1 unspecified atom stereocenters. The van der Waals surface area contributed by atoms with Gasteiger partial charge in [-0.2, -0.15) is 0 Å². The first kappa shape index (κ1) is 15.3. The molecule has 1 aliphatic rings. The summed E-state index contributed by atoms with van der Waals surface area (Å²) in [6, 6.07) is 7.86. The van der Waals surface area contributed by atoms with Crippen LogP contribution in [0.3, 0.4) is 0 Å². The number of ether oxygens (including phenoxy) is 1. The quantitative estimate of drug-likeness (QED) is 0.916. The number of aryl methyl sites for hydroxylation is 1. The Morgan fingerprint density at radius 3 is 3.05 bits per heavy atom. The summed E-state index contributed by atoms with van der Waals surface area (Å²) in [7, 11) is 2.04. The Balaban J connectivity index is 1.60. The summed E-state index contributed by atoms with van der Waals surface area (Å²) in [5.41, 5.74) is 0. The van der Waals surface area contributed by atoms with Gasteiger partial charge in [0.1, 0.15) is 18.2 Å². The molecule has 1 N–H and O–H groups in total. The first-order chi connectivity index (χ1) is 10.8. The minimum absolute atomic E-state index is 0.281. The number of imidazole rings is 1. The number of halogens is 1. The fourth-order valence-corrected chi connectivity index (χ4v) is 2.99. The number of para-hydroxylation sites is 1. The number of hydrogen-bond donors (Lipinski definition) is 1. The highest BCUT2D eigenvalue weighted by molar-refractivity contribution is 6.32. The van der Waals surface area contributed by atoms with E-state index in [1.165, 1.54) is 0 Å². The van der Waals surface area contributed by atoms with Gasteiger partial charge >= 0.3 is 0 Å². The highest BCUT2D eigenvalue weighted by Crippen LogP contribution is 2.24. The van der Waals surface area contributed by atoms with Crippen molar-refractivity contribution in [1.29, 1.82) is 0 Å². The Morgan fingerprint density at radius 2 is 2.27 bits per heavy atom. The van der Waals surface area contributed by atoms with Crippen LogP contribution in [-0.2, 0) is 7.05 Å². The molecular formula is C16H21ClN4O. The topological polar surface area (TPSA) is 42.3 Å². The average molecular weight is 321 g/mol. The molecule has 1 fully saturated rings. The first-order valence-electron chi connectivity index (χ1n) is 7.55. The van der Waals surface area contributed by atoms with Crippen molar-refractivity contribution in [2.24, 2.45) is 7.05 Å². The Hall–Kier alpha value is -1.56. The van der Waals surface area contributed by atoms with Gasteiger partial charge in [0.15, 0.2) is 0 Å². The van der Waals surface area contributed by atoms with Gasteiger partial charge in [-0.15, -0.1) is 0 Å². The SMILES string of the molecule is Cn1ccnc1C1CNCCN1CCOc1ccccc1Cl. The number of nitrogens with one attached hydrogen (secondary N) is 1. The third kappa shape index (κ3) is 3.43. The zero-order chi connectivity index (χ0) is 15.4. The molecule has 1 atom stereocenters. The van der Waals surface area contributed by atoms with E-state index < -0.39 is 0 Å². The summed E-state index contributed by atoms with van der Waals surface area (Å²) in [6.07, 6.45) is 3.84. The van der Waals surface area contributed by atoms with E-state index in [1.807, 2.05) is 43.7 Å². The lowest BCUT2D eigenvalue weighted by Gasteiger charge is -2.35. The first-order valence-corrected chi connectivity index (χ1v) is 7.93. The lowest BCUT2D eigenvalue weighted by Crippen LogP contribution is -2.48. The number of hydrogen-bond acceptors (Lipinski definition) is 4. The van der Waals surface area contributed by atoms with E-state index >= 15 is 0 Å². The summed E-state index contributed by atoms with van der Waals surface area (Å²) in [6.45, 7) is 4.36. The lowest BCUT2D eigenvalue weighted by molar-refractivity contribution is 0.127. The molecule has 1 aromatic carbocycles. The lowest BCUT2D eigenvalue weighted by atomic mass is 10.2. The molecule has 3 rings (SSSR count). The highest BCUT2D eigenvalue weighted by atomic mass is 35.5. The normalized spacial score (nSPS) is 19.3. The molecule has 6 heteroatoms. The van der Waals surface area contributed by atoms with E-state index in [0.29, 0.717) is 11.6 Å². The second kappa shape index (κ2) is 7.13. The summed E-state index contributed by atoms with van der Waals surface area (Å²) < 4.78 is 7.90. The Bertz CT molecular complexity index is 616. The van der Waals surface area contributed by atoms with Crippen LogP contribution in [-0.4, -0.2) is 47.2 Å². The Labute approximate surface area is 135 Å². The molecule has 1 aliphatic heterocycles. The van der Waals surface area contributed by atoms with Gasteiger partial charge in [0.05, 0.1) is 11.1 Å². The van der Waals surface area contributed by atoms with Crippen molar-refractivity contribution in [1.82, 2.24) is 19.8 Å². The maximum absolute atomic E-state index is 6.11. The minimum atomic E-state index is 0.281. The molecule has 0 aliphatic carbocycles. The highest BCUT2D eigenvalue weighted by Gasteiger charge is 2.26. The Morgan fingerprint density at radius 1 is 1.41 bits per heavy atom. The van der Waals surface area contributed by atoms with Crippen molar-refractivity contribution in [3.63, 3.8) is 0 Å². The zero-order valence-electron chi connectivity index (χ0n) is 12.7. The van der Waals surface area contributed by atoms with E-state index in [9.17, 15) is 0 Å². The van der Waals surface area contributed by atoms with Crippen molar-refractivity contribution >= 4 is 11.6 Å². The summed E-state index contributed by atoms with van der Waals surface area (Å²) in [4.78, 5) is 6.90. The molecule has 0 bridgehead atoms. The molecule has 0 spiro atoms. The van der Waals surface area contributed by atoms with Crippen LogP contribution < -0.4 is 10.1 Å². The zero-order valence-corrected chi connectivity index (χ0v) is 13.5. The van der Waals surface area contributed by atoms with Gasteiger partial charge in [-0.3, -0.25) is 4.90 Å². The Kier molecular flexibility index (Phi) is 4.97. The van der Waals surface area contributed by atoms with E-state index in [2.05, 4.69) is 19.8 Å². The van der Waals surface area contributed by atoms with Crippen LogP contribution in [0.25, 0.3) is 0 Å². The smallest absolute Gasteiger partial charge is 0.137 e. The molecule has 5 nitrogen and oxygen atoms in total. The molecule has 1 saturated heterocycles. The van der Waals surface area contributed by atoms with Gasteiger partial charge in [-0.05, 0) is 12.1 Å². The maximum Gasteiger partial charge on any atom is 0.137 e. The van der Waals surface area contributed by atoms with Gasteiger partial charge in [0.2, 0.25) is 0 Å². The second-order valence-corrected chi connectivity index (χ2v) is 5.84. The van der Waals surface area contributed by atoms with E-state index in [4.69, 9.17) is 16.3 Å². The van der Waals surface area contributed by atoms with Crippen LogP contribution in [0.5, 0.6) is 5.75 Å². The van der Waals surface area contributed by atoms with Crippen molar-refractivity contribution in [2.75, 3.05) is 32.8 Å². The summed E-state index contributed by atoms with van der Waals surface area (Å²) >= 11 is 6.11. The van der Waals surface area contributed by atoms with Gasteiger partial charge in [0.25, 0.3) is 0 Å². The summed E-state index contributed by atoms with van der Waals surface area (Å²) in [5, 5.41) is 4.10. The summed E-state index contributed by atoms with van der Waals surface area (Å²) in [5.74, 6) is 1.83. The van der Waals surface area contributed by atoms with Crippen LogP contribution in [0.1, 0.15) is 11.9 Å². The van der Waals surface area contributed by atoms with E-state index in [1.54, 1.807) is 0 Å². The van der Waals surface area contributed by atoms with Gasteiger partial charge < -0.3 is 14.6 Å². The molecule has 2 heterocycles. The van der Waals surface area contributed by atoms with Crippen LogP contribution in [0, 0.1) is 0 Å². The largest absolute Gasteiger partial charge is 0.491 e. The number of rotatable bonds is 5. The molecule has 0 amide bonds. The predicted octanol–water partition coefficient (Wildman–Crippen LogP) is 2.10. The van der Waals surface area contributed by atoms with E-state index in [0.717, 1.165) is 37.8 Å². The van der Waals surface area contributed by atoms with Crippen molar-refractivity contribution in [3.8, 4) is 5.75 Å². The van der Waals surface area contributed by atoms with Crippen LogP contribution in [0.15, 0.2) is 36.7 Å². The molecule has 1 aromatic heterocycles. The van der Waals surface area contributed by atoms with Gasteiger partial charge in [-0.1, -0.05) is 23.7 Å². The standard InChI is InChI=1S/C16H21ClN4O/c1-20-8-7-19-16(20)14-12-18-6-9-21(14)10-11-22-15-5-3-2-4-13(15)17/h2-5,7-8,14,18H,6,9-12H2,1H3. The number of aromatic nitrogens is 2. The average Bonchev–Trinajstić information content (AvgIpc) is 2.96. The van der Waals surface area contributed by atoms with Crippen LogP contribution in [0.4, 0.5) is 0 Å². The molecule has 2 aromatic rings. The number of piperazine rings is 1. The number of benzene rings is 1. The van der Waals surface area contributed by atoms with Crippen LogP contribution in [0.2, 0.25) is 5.02 Å². The molecule has 0 radical (unpaired) electrons.